The van der Waals surface area contributed by atoms with Crippen molar-refractivity contribution in [2.75, 3.05) is 39.4 Å². The van der Waals surface area contributed by atoms with Crippen LogP contribution in [0.3, 0.4) is 0 Å². The number of rotatable bonds is 3. The Balaban J connectivity index is 0.00000112. The first-order valence-corrected chi connectivity index (χ1v) is 5.78. The second-order valence-electron chi connectivity index (χ2n) is 4.94. The second kappa shape index (κ2) is 5.48. The molecular formula is C11H23ClN2O. The van der Waals surface area contributed by atoms with Gasteiger partial charge in [-0.05, 0) is 13.3 Å². The predicted molar refractivity (Wildman–Crippen MR) is 64.7 cm³/mol. The topological polar surface area (TPSA) is 24.5 Å². The molecule has 2 aliphatic heterocycles. The van der Waals surface area contributed by atoms with Crippen LogP contribution in [0.4, 0.5) is 0 Å². The SMILES string of the molecule is CCC1(CN2CCN[C@H](C)C2)COC1.Cl. The molecule has 0 amide bonds. The molecule has 0 saturated carbocycles. The highest BCUT2D eigenvalue weighted by Gasteiger charge is 2.38. The molecule has 2 fully saturated rings. The third-order valence-electron chi connectivity index (χ3n) is 3.58. The molecule has 90 valence electrons. The highest BCUT2D eigenvalue weighted by atomic mass is 35.5. The van der Waals surface area contributed by atoms with Gasteiger partial charge in [0, 0.05) is 37.6 Å². The van der Waals surface area contributed by atoms with E-state index in [0.29, 0.717) is 11.5 Å². The van der Waals surface area contributed by atoms with Gasteiger partial charge in [-0.2, -0.15) is 0 Å². The number of nitrogens with zero attached hydrogens (tertiary/aromatic N) is 1. The second-order valence-corrected chi connectivity index (χ2v) is 4.94. The van der Waals surface area contributed by atoms with E-state index in [1.807, 2.05) is 0 Å². The summed E-state index contributed by atoms with van der Waals surface area (Å²) in [5.41, 5.74) is 0.483. The van der Waals surface area contributed by atoms with Gasteiger partial charge in [-0.1, -0.05) is 6.92 Å². The molecule has 0 aromatic heterocycles. The molecule has 0 aromatic carbocycles. The van der Waals surface area contributed by atoms with Crippen molar-refractivity contribution in [1.82, 2.24) is 10.2 Å². The number of ether oxygens (including phenoxy) is 1. The maximum absolute atomic E-state index is 5.36. The number of hydrogen-bond acceptors (Lipinski definition) is 3. The van der Waals surface area contributed by atoms with Gasteiger partial charge in [-0.25, -0.2) is 0 Å². The van der Waals surface area contributed by atoms with Crippen molar-refractivity contribution >= 4 is 12.4 Å². The van der Waals surface area contributed by atoms with Crippen LogP contribution in [0.5, 0.6) is 0 Å². The summed E-state index contributed by atoms with van der Waals surface area (Å²) in [5.74, 6) is 0. The molecule has 0 bridgehead atoms. The van der Waals surface area contributed by atoms with E-state index in [4.69, 9.17) is 4.74 Å². The fraction of sp³-hybridized carbons (Fsp3) is 1.00. The van der Waals surface area contributed by atoms with Crippen LogP contribution in [0.1, 0.15) is 20.3 Å². The molecule has 0 radical (unpaired) electrons. The van der Waals surface area contributed by atoms with Crippen molar-refractivity contribution in [2.24, 2.45) is 5.41 Å². The number of piperazine rings is 1. The fourth-order valence-electron chi connectivity index (χ4n) is 2.43. The zero-order valence-corrected chi connectivity index (χ0v) is 10.6. The van der Waals surface area contributed by atoms with E-state index in [1.165, 1.54) is 26.1 Å². The van der Waals surface area contributed by atoms with Crippen LogP contribution < -0.4 is 5.32 Å². The van der Waals surface area contributed by atoms with Gasteiger partial charge in [0.05, 0.1) is 13.2 Å². The standard InChI is InChI=1S/C11H22N2O.ClH/c1-3-11(8-14-9-11)7-13-5-4-12-10(2)6-13;/h10,12H,3-9H2,1-2H3;1H/t10-;/m1./s1. The third-order valence-corrected chi connectivity index (χ3v) is 3.58. The van der Waals surface area contributed by atoms with Crippen LogP contribution in [-0.2, 0) is 4.74 Å². The van der Waals surface area contributed by atoms with Crippen LogP contribution in [0, 0.1) is 5.41 Å². The maximum Gasteiger partial charge on any atom is 0.0557 e. The quantitative estimate of drug-likeness (QED) is 0.793. The highest BCUT2D eigenvalue weighted by Crippen LogP contribution is 2.32. The summed E-state index contributed by atoms with van der Waals surface area (Å²) in [6.45, 7) is 11.3. The average molecular weight is 235 g/mol. The zero-order valence-electron chi connectivity index (χ0n) is 9.79. The Kier molecular flexibility index (Phi) is 4.84. The van der Waals surface area contributed by atoms with E-state index in [1.54, 1.807) is 0 Å². The van der Waals surface area contributed by atoms with E-state index in [0.717, 1.165) is 19.8 Å². The number of hydrogen-bond donors (Lipinski definition) is 1. The molecule has 2 heterocycles. The van der Waals surface area contributed by atoms with E-state index in [2.05, 4.69) is 24.1 Å². The first-order valence-electron chi connectivity index (χ1n) is 5.78. The van der Waals surface area contributed by atoms with Gasteiger partial charge in [-0.3, -0.25) is 4.90 Å². The van der Waals surface area contributed by atoms with Gasteiger partial charge >= 0.3 is 0 Å². The van der Waals surface area contributed by atoms with Gasteiger partial charge in [0.25, 0.3) is 0 Å². The minimum Gasteiger partial charge on any atom is -0.380 e. The van der Waals surface area contributed by atoms with E-state index >= 15 is 0 Å². The van der Waals surface area contributed by atoms with Crippen molar-refractivity contribution in [3.8, 4) is 0 Å². The lowest BCUT2D eigenvalue weighted by molar-refractivity contribution is -0.129. The van der Waals surface area contributed by atoms with E-state index in [9.17, 15) is 0 Å². The summed E-state index contributed by atoms with van der Waals surface area (Å²) >= 11 is 0. The van der Waals surface area contributed by atoms with Crippen LogP contribution in [0.2, 0.25) is 0 Å². The van der Waals surface area contributed by atoms with Crippen molar-refractivity contribution < 1.29 is 4.74 Å². The molecule has 2 aliphatic rings. The van der Waals surface area contributed by atoms with Crippen LogP contribution in [-0.4, -0.2) is 50.3 Å². The Labute approximate surface area is 99.0 Å². The Morgan fingerprint density at radius 1 is 1.47 bits per heavy atom. The summed E-state index contributed by atoms with van der Waals surface area (Å²) in [6, 6.07) is 0.652. The lowest BCUT2D eigenvalue weighted by atomic mass is 9.82. The molecule has 15 heavy (non-hydrogen) atoms. The molecule has 0 aliphatic carbocycles. The Morgan fingerprint density at radius 2 is 2.20 bits per heavy atom. The molecule has 4 heteroatoms. The Morgan fingerprint density at radius 3 is 2.67 bits per heavy atom. The van der Waals surface area contributed by atoms with Gasteiger partial charge < -0.3 is 10.1 Å². The largest absolute Gasteiger partial charge is 0.380 e. The normalized spacial score (nSPS) is 30.4. The lowest BCUT2D eigenvalue weighted by Crippen LogP contribution is -2.56. The maximum atomic E-state index is 5.36. The van der Waals surface area contributed by atoms with E-state index in [-0.39, 0.29) is 12.4 Å². The summed E-state index contributed by atoms with van der Waals surface area (Å²) in [6.07, 6.45) is 1.26. The summed E-state index contributed by atoms with van der Waals surface area (Å²) < 4.78 is 5.36. The van der Waals surface area contributed by atoms with Gasteiger partial charge in [0.1, 0.15) is 0 Å². The number of halogens is 1. The first kappa shape index (κ1) is 13.2. The predicted octanol–water partition coefficient (Wildman–Crippen LogP) is 1.13. The van der Waals surface area contributed by atoms with Crippen molar-refractivity contribution in [1.29, 1.82) is 0 Å². The van der Waals surface area contributed by atoms with Crippen LogP contribution in [0.15, 0.2) is 0 Å². The fourth-order valence-corrected chi connectivity index (χ4v) is 2.43. The zero-order chi connectivity index (χ0) is 10.0. The molecular weight excluding hydrogens is 212 g/mol. The molecule has 0 aromatic rings. The highest BCUT2D eigenvalue weighted by molar-refractivity contribution is 5.85. The first-order chi connectivity index (χ1) is 6.74. The lowest BCUT2D eigenvalue weighted by Gasteiger charge is -2.45. The van der Waals surface area contributed by atoms with Crippen LogP contribution >= 0.6 is 12.4 Å². The molecule has 0 unspecified atom stereocenters. The Bertz CT molecular complexity index is 192. The van der Waals surface area contributed by atoms with Crippen molar-refractivity contribution in [3.05, 3.63) is 0 Å². The summed E-state index contributed by atoms with van der Waals surface area (Å²) in [4.78, 5) is 2.59. The molecule has 0 spiro atoms. The minimum absolute atomic E-state index is 0. The number of nitrogens with one attached hydrogen (secondary N) is 1. The summed E-state index contributed by atoms with van der Waals surface area (Å²) in [7, 11) is 0. The molecule has 2 rings (SSSR count). The minimum atomic E-state index is 0. The third kappa shape index (κ3) is 3.06. The molecule has 1 atom stereocenters. The monoisotopic (exact) mass is 234 g/mol. The average Bonchev–Trinajstić information content (AvgIpc) is 2.11. The Hall–Kier alpha value is 0.170. The van der Waals surface area contributed by atoms with Crippen LogP contribution in [0.25, 0.3) is 0 Å². The van der Waals surface area contributed by atoms with Gasteiger partial charge in [-0.15, -0.1) is 12.4 Å². The van der Waals surface area contributed by atoms with Gasteiger partial charge in [0.2, 0.25) is 0 Å². The summed E-state index contributed by atoms with van der Waals surface area (Å²) in [5, 5.41) is 3.48. The van der Waals surface area contributed by atoms with E-state index < -0.39 is 0 Å². The van der Waals surface area contributed by atoms with Crippen molar-refractivity contribution in [3.63, 3.8) is 0 Å². The molecule has 2 saturated heterocycles. The van der Waals surface area contributed by atoms with Gasteiger partial charge in [0.15, 0.2) is 0 Å². The molecule has 3 nitrogen and oxygen atoms in total. The smallest absolute Gasteiger partial charge is 0.0557 e. The molecule has 1 N–H and O–H groups in total. The van der Waals surface area contributed by atoms with Crippen molar-refractivity contribution in [2.45, 2.75) is 26.3 Å².